The van der Waals surface area contributed by atoms with Gasteiger partial charge in [-0.3, -0.25) is 9.59 Å². The first-order valence-electron chi connectivity index (χ1n) is 9.83. The van der Waals surface area contributed by atoms with Crippen LogP contribution in [0.4, 0.5) is 0 Å². The summed E-state index contributed by atoms with van der Waals surface area (Å²) in [7, 11) is 0. The Morgan fingerprint density at radius 2 is 1.73 bits per heavy atom. The third kappa shape index (κ3) is 3.35. The summed E-state index contributed by atoms with van der Waals surface area (Å²) >= 11 is 0. The van der Waals surface area contributed by atoms with Crippen molar-refractivity contribution in [1.82, 2.24) is 4.40 Å². The van der Waals surface area contributed by atoms with Crippen LogP contribution in [-0.2, 0) is 17.6 Å². The van der Waals surface area contributed by atoms with Gasteiger partial charge in [-0.15, -0.1) is 0 Å². The highest BCUT2D eigenvalue weighted by Crippen LogP contribution is 2.27. The number of primary amides is 1. The molecule has 0 aliphatic carbocycles. The van der Waals surface area contributed by atoms with Crippen LogP contribution >= 0.6 is 0 Å². The van der Waals surface area contributed by atoms with Crippen molar-refractivity contribution in [2.24, 2.45) is 5.73 Å². The second kappa shape index (κ2) is 7.87. The molecule has 0 bridgehead atoms. The number of nitrogens with two attached hydrogens (primary N) is 1. The first-order valence-corrected chi connectivity index (χ1v) is 9.83. The van der Waals surface area contributed by atoms with Crippen LogP contribution in [0.5, 0.6) is 0 Å². The SMILES string of the molecule is CCc1c(Cc2ccccc2-c2ccccc2)n2ccc(=O)cc2/c1=C(\O)C(N)=O. The highest BCUT2D eigenvalue weighted by Gasteiger charge is 2.19. The average molecular weight is 398 g/mol. The van der Waals surface area contributed by atoms with Gasteiger partial charge in [-0.05, 0) is 28.7 Å². The number of benzene rings is 2. The molecule has 30 heavy (non-hydrogen) atoms. The Morgan fingerprint density at radius 3 is 2.43 bits per heavy atom. The summed E-state index contributed by atoms with van der Waals surface area (Å²) in [6.07, 6.45) is 2.83. The normalized spacial score (nSPS) is 12.2. The fourth-order valence-corrected chi connectivity index (χ4v) is 4.07. The molecule has 0 aliphatic heterocycles. The van der Waals surface area contributed by atoms with E-state index < -0.39 is 11.7 Å². The topological polar surface area (TPSA) is 84.8 Å². The van der Waals surface area contributed by atoms with E-state index in [0.717, 1.165) is 27.9 Å². The van der Waals surface area contributed by atoms with Gasteiger partial charge in [0.1, 0.15) is 0 Å². The van der Waals surface area contributed by atoms with E-state index >= 15 is 0 Å². The fraction of sp³-hybridized carbons (Fsp3) is 0.120. The quantitative estimate of drug-likeness (QED) is 0.542. The van der Waals surface area contributed by atoms with Crippen molar-refractivity contribution in [3.05, 3.63) is 105 Å². The van der Waals surface area contributed by atoms with Gasteiger partial charge in [-0.2, -0.15) is 0 Å². The molecule has 2 aromatic heterocycles. The Balaban J connectivity index is 2.00. The van der Waals surface area contributed by atoms with Gasteiger partial charge in [-0.25, -0.2) is 0 Å². The van der Waals surface area contributed by atoms with Gasteiger partial charge in [0.05, 0.1) is 10.7 Å². The molecule has 5 nitrogen and oxygen atoms in total. The monoisotopic (exact) mass is 398 g/mol. The molecule has 0 aliphatic rings. The molecular formula is C25H22N2O3. The van der Waals surface area contributed by atoms with E-state index in [2.05, 4.69) is 24.3 Å². The maximum absolute atomic E-state index is 12.0. The number of fused-ring (bicyclic) bond motifs is 1. The van der Waals surface area contributed by atoms with E-state index in [9.17, 15) is 14.7 Å². The van der Waals surface area contributed by atoms with E-state index in [1.54, 1.807) is 6.20 Å². The summed E-state index contributed by atoms with van der Waals surface area (Å²) in [5.74, 6) is -1.43. The summed E-state index contributed by atoms with van der Waals surface area (Å²) in [4.78, 5) is 23.8. The van der Waals surface area contributed by atoms with Crippen molar-refractivity contribution < 1.29 is 9.90 Å². The van der Waals surface area contributed by atoms with Crippen molar-refractivity contribution in [2.45, 2.75) is 19.8 Å². The summed E-state index contributed by atoms with van der Waals surface area (Å²) in [6.45, 7) is 1.96. The second-order valence-corrected chi connectivity index (χ2v) is 7.18. The van der Waals surface area contributed by atoms with Crippen molar-refractivity contribution >= 4 is 17.2 Å². The predicted molar refractivity (Wildman–Crippen MR) is 118 cm³/mol. The van der Waals surface area contributed by atoms with Crippen molar-refractivity contribution in [1.29, 1.82) is 0 Å². The molecule has 3 N–H and O–H groups in total. The molecule has 5 heteroatoms. The molecule has 0 fully saturated rings. The molecule has 0 saturated heterocycles. The number of amides is 1. The standard InChI is InChI=1S/C25H22N2O3/c1-2-19-21(14-17-10-6-7-11-20(17)16-8-4-3-5-9-16)27-13-12-18(28)15-22(27)23(19)24(29)25(26)30/h3-13,15,29H,2,14H2,1H3,(H2,26,30)/b24-23-. The molecule has 150 valence electrons. The van der Waals surface area contributed by atoms with Gasteiger partial charge in [0.15, 0.2) is 11.2 Å². The van der Waals surface area contributed by atoms with E-state index in [1.165, 1.54) is 12.1 Å². The summed E-state index contributed by atoms with van der Waals surface area (Å²) in [5.41, 5.74) is 10.7. The zero-order chi connectivity index (χ0) is 21.3. The third-order valence-electron chi connectivity index (χ3n) is 5.41. The molecule has 1 amide bonds. The molecule has 0 unspecified atom stereocenters. The first kappa shape index (κ1) is 19.5. The number of aromatic nitrogens is 1. The van der Waals surface area contributed by atoms with E-state index in [4.69, 9.17) is 5.73 Å². The molecule has 0 atom stereocenters. The van der Waals surface area contributed by atoms with Crippen LogP contribution < -0.4 is 16.4 Å². The highest BCUT2D eigenvalue weighted by atomic mass is 16.3. The Morgan fingerprint density at radius 1 is 1.03 bits per heavy atom. The van der Waals surface area contributed by atoms with Gasteiger partial charge < -0.3 is 15.2 Å². The third-order valence-corrected chi connectivity index (χ3v) is 5.41. The largest absolute Gasteiger partial charge is 0.503 e. The molecule has 4 rings (SSSR count). The van der Waals surface area contributed by atoms with Crippen LogP contribution in [0.3, 0.4) is 0 Å². The van der Waals surface area contributed by atoms with Crippen LogP contribution in [0.2, 0.25) is 0 Å². The van der Waals surface area contributed by atoms with Gasteiger partial charge in [0, 0.05) is 30.4 Å². The summed E-state index contributed by atoms with van der Waals surface area (Å²) in [5, 5.41) is 10.8. The molecule has 2 heterocycles. The van der Waals surface area contributed by atoms with Crippen molar-refractivity contribution in [3.8, 4) is 11.1 Å². The smallest absolute Gasteiger partial charge is 0.284 e. The molecule has 2 aromatic carbocycles. The minimum atomic E-state index is -0.912. The number of hydrogen-bond donors (Lipinski definition) is 2. The highest BCUT2D eigenvalue weighted by molar-refractivity contribution is 6.09. The Kier molecular flexibility index (Phi) is 5.11. The van der Waals surface area contributed by atoms with Gasteiger partial charge >= 0.3 is 0 Å². The molecule has 0 spiro atoms. The number of carbonyl (C=O) groups is 1. The minimum absolute atomic E-state index is 0.197. The van der Waals surface area contributed by atoms with Gasteiger partial charge in [0.25, 0.3) is 5.91 Å². The lowest BCUT2D eigenvalue weighted by Gasteiger charge is -2.11. The Bertz CT molecular complexity index is 1350. The van der Waals surface area contributed by atoms with Gasteiger partial charge in [-0.1, -0.05) is 61.5 Å². The van der Waals surface area contributed by atoms with E-state index in [-0.39, 0.29) is 5.43 Å². The van der Waals surface area contributed by atoms with E-state index in [0.29, 0.717) is 23.6 Å². The lowest BCUT2D eigenvalue weighted by Crippen LogP contribution is -2.22. The van der Waals surface area contributed by atoms with E-state index in [1.807, 2.05) is 41.7 Å². The number of rotatable bonds is 5. The lowest BCUT2D eigenvalue weighted by atomic mass is 9.95. The number of aliphatic hydroxyl groups is 1. The van der Waals surface area contributed by atoms with Gasteiger partial charge in [0.2, 0.25) is 0 Å². The summed E-state index contributed by atoms with van der Waals surface area (Å²) < 4.78 is 1.87. The fourth-order valence-electron chi connectivity index (χ4n) is 4.07. The second-order valence-electron chi connectivity index (χ2n) is 7.18. The summed E-state index contributed by atoms with van der Waals surface area (Å²) in [6, 6.07) is 21.2. The number of aliphatic hydroxyl groups excluding tert-OH is 1. The maximum Gasteiger partial charge on any atom is 0.284 e. The minimum Gasteiger partial charge on any atom is -0.503 e. The Labute approximate surface area is 173 Å². The first-order chi connectivity index (χ1) is 14.5. The van der Waals surface area contributed by atoms with Crippen LogP contribution in [0.1, 0.15) is 23.7 Å². The molecule has 0 radical (unpaired) electrons. The average Bonchev–Trinajstić information content (AvgIpc) is 3.06. The zero-order valence-corrected chi connectivity index (χ0v) is 16.6. The zero-order valence-electron chi connectivity index (χ0n) is 16.6. The predicted octanol–water partition coefficient (Wildman–Crippen LogP) is 2.99. The van der Waals surface area contributed by atoms with Crippen molar-refractivity contribution in [2.75, 3.05) is 0 Å². The number of hydrogen-bond acceptors (Lipinski definition) is 3. The van der Waals surface area contributed by atoms with Crippen LogP contribution in [0, 0.1) is 0 Å². The van der Waals surface area contributed by atoms with Crippen LogP contribution in [-0.4, -0.2) is 15.4 Å². The molecule has 4 aromatic rings. The van der Waals surface area contributed by atoms with Crippen LogP contribution in [0.25, 0.3) is 22.4 Å². The molecular weight excluding hydrogens is 376 g/mol. The van der Waals surface area contributed by atoms with Crippen LogP contribution in [0.15, 0.2) is 77.7 Å². The van der Waals surface area contributed by atoms with Crippen molar-refractivity contribution in [3.63, 3.8) is 0 Å². The Hall–Kier alpha value is -3.86. The number of nitrogens with zero attached hydrogens (tertiary/aromatic N) is 1. The molecule has 0 saturated carbocycles. The number of carbonyl (C=O) groups excluding carboxylic acids is 1. The maximum atomic E-state index is 12.0. The lowest BCUT2D eigenvalue weighted by molar-refractivity contribution is -0.114. The number of pyridine rings is 1.